The molecule has 2 aromatic rings. The molecule has 0 aliphatic rings. The average Bonchev–Trinajstić information content (AvgIpc) is 2.60. The van der Waals surface area contributed by atoms with Gasteiger partial charge in [0.2, 0.25) is 0 Å². The van der Waals surface area contributed by atoms with Gasteiger partial charge in [-0.05, 0) is 52.9 Å². The van der Waals surface area contributed by atoms with Gasteiger partial charge in [0.1, 0.15) is 5.75 Å². The van der Waals surface area contributed by atoms with Gasteiger partial charge in [-0.2, -0.15) is 0 Å². The van der Waals surface area contributed by atoms with Crippen molar-refractivity contribution in [2.24, 2.45) is 0 Å². The molecule has 4 heteroatoms. The lowest BCUT2D eigenvalue weighted by Gasteiger charge is -2.19. The van der Waals surface area contributed by atoms with Crippen LogP contribution in [0.15, 0.2) is 48.5 Å². The number of benzene rings is 2. The van der Waals surface area contributed by atoms with Crippen molar-refractivity contribution in [2.45, 2.75) is 39.2 Å². The molecular weight excluding hydrogens is 328 g/mol. The highest BCUT2D eigenvalue weighted by atomic mass is 32.1. The van der Waals surface area contributed by atoms with Gasteiger partial charge in [-0.25, -0.2) is 0 Å². The lowest BCUT2D eigenvalue weighted by atomic mass is 9.87. The van der Waals surface area contributed by atoms with E-state index in [2.05, 4.69) is 67.8 Å². The summed E-state index contributed by atoms with van der Waals surface area (Å²) in [7, 11) is 1.68. The summed E-state index contributed by atoms with van der Waals surface area (Å²) in [4.78, 5) is 0. The van der Waals surface area contributed by atoms with Crippen molar-refractivity contribution in [3.05, 3.63) is 65.2 Å². The fourth-order valence-electron chi connectivity index (χ4n) is 2.48. The molecule has 0 fully saturated rings. The summed E-state index contributed by atoms with van der Waals surface area (Å²) in [5.74, 6) is 0.881. The first-order chi connectivity index (χ1) is 11.9. The summed E-state index contributed by atoms with van der Waals surface area (Å²) in [6, 6.07) is 16.8. The number of rotatable bonds is 6. The van der Waals surface area contributed by atoms with Gasteiger partial charge in [0, 0.05) is 13.1 Å². The summed E-state index contributed by atoms with van der Waals surface area (Å²) in [5, 5.41) is 7.21. The molecule has 25 heavy (non-hydrogen) atoms. The molecule has 134 valence electrons. The zero-order valence-corrected chi connectivity index (χ0v) is 16.4. The first-order valence-corrected chi connectivity index (χ1v) is 9.03. The standard InChI is InChI=1S/C21H28N2OS/c1-21(2,3)18-9-5-17(6-10-18)15-23-20(25)22-14-13-16-7-11-19(24-4)12-8-16/h5-12H,13-15H2,1-4H3,(H2,22,23,25). The predicted octanol–water partition coefficient (Wildman–Crippen LogP) is 4.20. The Labute approximate surface area is 156 Å². The number of nitrogens with one attached hydrogen (secondary N) is 2. The lowest BCUT2D eigenvalue weighted by Crippen LogP contribution is -2.35. The van der Waals surface area contributed by atoms with Crippen molar-refractivity contribution in [1.29, 1.82) is 0 Å². The Balaban J connectivity index is 1.71. The third kappa shape index (κ3) is 6.39. The van der Waals surface area contributed by atoms with Gasteiger partial charge < -0.3 is 15.4 Å². The SMILES string of the molecule is COc1ccc(CCNC(=S)NCc2ccc(C(C)(C)C)cc2)cc1. The molecule has 0 radical (unpaired) electrons. The summed E-state index contributed by atoms with van der Waals surface area (Å²) in [5.41, 5.74) is 4.02. The van der Waals surface area contributed by atoms with Crippen LogP contribution in [-0.2, 0) is 18.4 Å². The van der Waals surface area contributed by atoms with Gasteiger partial charge in [-0.15, -0.1) is 0 Å². The van der Waals surface area contributed by atoms with Crippen LogP contribution in [-0.4, -0.2) is 18.8 Å². The molecule has 0 heterocycles. The Morgan fingerprint density at radius 2 is 1.52 bits per heavy atom. The van der Waals surface area contributed by atoms with E-state index in [0.717, 1.165) is 25.3 Å². The quantitative estimate of drug-likeness (QED) is 0.760. The molecule has 0 unspecified atom stereocenters. The maximum Gasteiger partial charge on any atom is 0.166 e. The molecule has 0 amide bonds. The molecule has 2 aromatic carbocycles. The van der Waals surface area contributed by atoms with E-state index in [4.69, 9.17) is 17.0 Å². The molecule has 0 aromatic heterocycles. The van der Waals surface area contributed by atoms with Crippen molar-refractivity contribution in [3.8, 4) is 5.75 Å². The van der Waals surface area contributed by atoms with E-state index in [-0.39, 0.29) is 5.41 Å². The molecule has 0 aliphatic carbocycles. The Morgan fingerprint density at radius 3 is 2.08 bits per heavy atom. The molecule has 0 bridgehead atoms. The average molecular weight is 357 g/mol. The maximum absolute atomic E-state index is 5.35. The van der Waals surface area contributed by atoms with Crippen molar-refractivity contribution in [1.82, 2.24) is 10.6 Å². The maximum atomic E-state index is 5.35. The Kier molecular flexibility index (Phi) is 6.82. The van der Waals surface area contributed by atoms with Gasteiger partial charge >= 0.3 is 0 Å². The normalized spacial score (nSPS) is 11.0. The van der Waals surface area contributed by atoms with Crippen LogP contribution in [0.2, 0.25) is 0 Å². The van der Waals surface area contributed by atoms with Crippen LogP contribution in [0.4, 0.5) is 0 Å². The highest BCUT2D eigenvalue weighted by Gasteiger charge is 2.12. The van der Waals surface area contributed by atoms with Gasteiger partial charge in [-0.1, -0.05) is 57.2 Å². The predicted molar refractivity (Wildman–Crippen MR) is 109 cm³/mol. The second-order valence-electron chi connectivity index (χ2n) is 7.15. The molecular formula is C21H28N2OS. The summed E-state index contributed by atoms with van der Waals surface area (Å²) < 4.78 is 5.17. The van der Waals surface area contributed by atoms with Crippen molar-refractivity contribution in [3.63, 3.8) is 0 Å². The second kappa shape index (κ2) is 8.86. The highest BCUT2D eigenvalue weighted by molar-refractivity contribution is 7.80. The summed E-state index contributed by atoms with van der Waals surface area (Å²) >= 11 is 5.35. The molecule has 0 saturated heterocycles. The fraction of sp³-hybridized carbons (Fsp3) is 0.381. The molecule has 0 aliphatic heterocycles. The van der Waals surface area contributed by atoms with E-state index in [9.17, 15) is 0 Å². The summed E-state index contributed by atoms with van der Waals surface area (Å²) in [6.07, 6.45) is 0.923. The minimum atomic E-state index is 0.185. The Hall–Kier alpha value is -2.07. The molecule has 0 spiro atoms. The van der Waals surface area contributed by atoms with Crippen molar-refractivity contribution >= 4 is 17.3 Å². The van der Waals surface area contributed by atoms with Crippen molar-refractivity contribution < 1.29 is 4.74 Å². The lowest BCUT2D eigenvalue weighted by molar-refractivity contribution is 0.414. The van der Waals surface area contributed by atoms with E-state index in [1.165, 1.54) is 16.7 Å². The van der Waals surface area contributed by atoms with E-state index in [1.807, 2.05) is 12.1 Å². The van der Waals surface area contributed by atoms with E-state index in [0.29, 0.717) is 5.11 Å². The number of hydrogen-bond acceptors (Lipinski definition) is 2. The van der Waals surface area contributed by atoms with E-state index < -0.39 is 0 Å². The van der Waals surface area contributed by atoms with Crippen LogP contribution in [0.1, 0.15) is 37.5 Å². The highest BCUT2D eigenvalue weighted by Crippen LogP contribution is 2.22. The first-order valence-electron chi connectivity index (χ1n) is 8.62. The van der Waals surface area contributed by atoms with Crippen molar-refractivity contribution in [2.75, 3.05) is 13.7 Å². The second-order valence-corrected chi connectivity index (χ2v) is 7.56. The third-order valence-corrected chi connectivity index (χ3v) is 4.42. The number of ether oxygens (including phenoxy) is 1. The van der Waals surface area contributed by atoms with Gasteiger partial charge in [-0.3, -0.25) is 0 Å². The van der Waals surface area contributed by atoms with Crippen LogP contribution in [0.3, 0.4) is 0 Å². The zero-order valence-electron chi connectivity index (χ0n) is 15.6. The Bertz CT molecular complexity index is 673. The topological polar surface area (TPSA) is 33.3 Å². The number of hydrogen-bond donors (Lipinski definition) is 2. The molecule has 3 nitrogen and oxygen atoms in total. The molecule has 2 rings (SSSR count). The van der Waals surface area contributed by atoms with E-state index in [1.54, 1.807) is 7.11 Å². The number of methoxy groups -OCH3 is 1. The zero-order chi connectivity index (χ0) is 18.3. The minimum absolute atomic E-state index is 0.185. The van der Waals surface area contributed by atoms with Gasteiger partial charge in [0.05, 0.1) is 7.11 Å². The van der Waals surface area contributed by atoms with Crippen LogP contribution >= 0.6 is 12.2 Å². The minimum Gasteiger partial charge on any atom is -0.497 e. The van der Waals surface area contributed by atoms with Gasteiger partial charge in [0.15, 0.2) is 5.11 Å². The van der Waals surface area contributed by atoms with Crippen LogP contribution in [0, 0.1) is 0 Å². The van der Waals surface area contributed by atoms with Crippen LogP contribution < -0.4 is 15.4 Å². The first kappa shape index (κ1) is 19.3. The van der Waals surface area contributed by atoms with Crippen LogP contribution in [0.25, 0.3) is 0 Å². The van der Waals surface area contributed by atoms with Crippen LogP contribution in [0.5, 0.6) is 5.75 Å². The van der Waals surface area contributed by atoms with E-state index >= 15 is 0 Å². The summed E-state index contributed by atoms with van der Waals surface area (Å²) in [6.45, 7) is 8.21. The molecule has 0 saturated carbocycles. The molecule has 0 atom stereocenters. The smallest absolute Gasteiger partial charge is 0.166 e. The monoisotopic (exact) mass is 356 g/mol. The fourth-order valence-corrected chi connectivity index (χ4v) is 2.65. The number of thiocarbonyl (C=S) groups is 1. The van der Waals surface area contributed by atoms with Gasteiger partial charge in [0.25, 0.3) is 0 Å². The third-order valence-electron chi connectivity index (χ3n) is 4.13. The Morgan fingerprint density at radius 1 is 0.920 bits per heavy atom. The molecule has 2 N–H and O–H groups in total. The largest absolute Gasteiger partial charge is 0.497 e.